The van der Waals surface area contributed by atoms with E-state index in [0.717, 1.165) is 6.07 Å². The van der Waals surface area contributed by atoms with E-state index < -0.39 is 11.9 Å². The quantitative estimate of drug-likeness (QED) is 0.836. The molecule has 0 unspecified atom stereocenters. The van der Waals surface area contributed by atoms with E-state index in [0.29, 0.717) is 12.1 Å². The van der Waals surface area contributed by atoms with Crippen molar-refractivity contribution in [2.24, 2.45) is 5.73 Å². The van der Waals surface area contributed by atoms with Crippen LogP contribution in [0.25, 0.3) is 0 Å². The number of anilines is 1. The number of carbonyl (C=O) groups excluding carboxylic acids is 1. The maximum Gasteiger partial charge on any atom is 0.241 e. The van der Waals surface area contributed by atoms with Crippen LogP contribution >= 0.6 is 11.6 Å². The van der Waals surface area contributed by atoms with Crippen molar-refractivity contribution in [2.75, 3.05) is 5.32 Å². The number of amides is 1. The van der Waals surface area contributed by atoms with E-state index >= 15 is 0 Å². The first-order valence-corrected chi connectivity index (χ1v) is 4.94. The fourth-order valence-corrected chi connectivity index (χ4v) is 1.11. The molecule has 1 atom stereocenters. The van der Waals surface area contributed by atoms with Gasteiger partial charge >= 0.3 is 0 Å². The highest BCUT2D eigenvalue weighted by molar-refractivity contribution is 6.30. The molecule has 3 nitrogen and oxygen atoms in total. The summed E-state index contributed by atoms with van der Waals surface area (Å²) in [6.45, 7) is 1.80. The molecule has 0 bridgehead atoms. The van der Waals surface area contributed by atoms with E-state index in [-0.39, 0.29) is 10.9 Å². The Morgan fingerprint density at radius 3 is 2.87 bits per heavy atom. The number of halogens is 2. The van der Waals surface area contributed by atoms with Gasteiger partial charge in [0.05, 0.1) is 11.1 Å². The Labute approximate surface area is 92.4 Å². The lowest BCUT2D eigenvalue weighted by molar-refractivity contribution is -0.117. The third-order valence-electron chi connectivity index (χ3n) is 1.96. The van der Waals surface area contributed by atoms with Gasteiger partial charge in [-0.1, -0.05) is 18.5 Å². The minimum atomic E-state index is -0.580. The normalized spacial score (nSPS) is 12.3. The summed E-state index contributed by atoms with van der Waals surface area (Å²) in [6, 6.07) is 3.47. The van der Waals surface area contributed by atoms with Gasteiger partial charge < -0.3 is 11.1 Å². The van der Waals surface area contributed by atoms with Gasteiger partial charge in [0, 0.05) is 5.69 Å². The molecule has 82 valence electrons. The molecular formula is C10H12ClFN2O. The fourth-order valence-electron chi connectivity index (χ4n) is 0.994. The van der Waals surface area contributed by atoms with E-state index in [2.05, 4.69) is 5.32 Å². The first kappa shape index (κ1) is 11.9. The van der Waals surface area contributed by atoms with Crippen LogP contribution in [0.4, 0.5) is 10.1 Å². The molecule has 1 aromatic rings. The lowest BCUT2D eigenvalue weighted by Crippen LogP contribution is -2.34. The predicted molar refractivity (Wildman–Crippen MR) is 58.3 cm³/mol. The molecule has 0 heterocycles. The molecule has 1 rings (SSSR count). The van der Waals surface area contributed by atoms with Gasteiger partial charge in [0.1, 0.15) is 5.82 Å². The molecule has 0 aliphatic carbocycles. The van der Waals surface area contributed by atoms with Crippen LogP contribution in [-0.4, -0.2) is 11.9 Å². The van der Waals surface area contributed by atoms with Crippen LogP contribution in [0.1, 0.15) is 13.3 Å². The summed E-state index contributed by atoms with van der Waals surface area (Å²) in [5.74, 6) is -0.904. The molecular weight excluding hydrogens is 219 g/mol. The zero-order valence-electron chi connectivity index (χ0n) is 8.26. The second-order valence-electron chi connectivity index (χ2n) is 3.13. The van der Waals surface area contributed by atoms with E-state index in [1.54, 1.807) is 6.92 Å². The van der Waals surface area contributed by atoms with Crippen LogP contribution in [-0.2, 0) is 4.79 Å². The number of hydrogen-bond donors (Lipinski definition) is 2. The average molecular weight is 231 g/mol. The van der Waals surface area contributed by atoms with E-state index in [1.165, 1.54) is 12.1 Å². The van der Waals surface area contributed by atoms with Gasteiger partial charge in [-0.3, -0.25) is 4.79 Å². The monoisotopic (exact) mass is 230 g/mol. The number of benzene rings is 1. The summed E-state index contributed by atoms with van der Waals surface area (Å²) in [7, 11) is 0. The minimum Gasteiger partial charge on any atom is -0.325 e. The van der Waals surface area contributed by atoms with Gasteiger partial charge in [-0.25, -0.2) is 4.39 Å². The second kappa shape index (κ2) is 5.09. The fraction of sp³-hybridized carbons (Fsp3) is 0.300. The highest BCUT2D eigenvalue weighted by Gasteiger charge is 2.11. The molecule has 0 aliphatic rings. The Kier molecular flexibility index (Phi) is 4.05. The molecule has 0 radical (unpaired) electrons. The Hall–Kier alpha value is -1.13. The molecule has 1 aromatic carbocycles. The molecule has 5 heteroatoms. The second-order valence-corrected chi connectivity index (χ2v) is 3.54. The van der Waals surface area contributed by atoms with Crippen LogP contribution in [0.15, 0.2) is 18.2 Å². The van der Waals surface area contributed by atoms with Gasteiger partial charge in [0.2, 0.25) is 5.91 Å². The lowest BCUT2D eigenvalue weighted by Gasteiger charge is -2.10. The Balaban J connectivity index is 2.73. The number of rotatable bonds is 3. The predicted octanol–water partition coefficient (Wildman–Crippen LogP) is 2.15. The summed E-state index contributed by atoms with van der Waals surface area (Å²) in [5, 5.41) is 2.52. The van der Waals surface area contributed by atoms with Crippen molar-refractivity contribution in [1.82, 2.24) is 0 Å². The number of carbonyl (C=O) groups is 1. The molecule has 0 spiro atoms. The topological polar surface area (TPSA) is 55.1 Å². The summed E-state index contributed by atoms with van der Waals surface area (Å²) in [6.07, 6.45) is 0.530. The Morgan fingerprint density at radius 2 is 2.33 bits per heavy atom. The van der Waals surface area contributed by atoms with Crippen LogP contribution in [0.3, 0.4) is 0 Å². The lowest BCUT2D eigenvalue weighted by atomic mass is 10.2. The van der Waals surface area contributed by atoms with Gasteiger partial charge in [-0.05, 0) is 24.6 Å². The van der Waals surface area contributed by atoms with Crippen LogP contribution in [0.5, 0.6) is 0 Å². The van der Waals surface area contributed by atoms with Crippen molar-refractivity contribution in [3.8, 4) is 0 Å². The third kappa shape index (κ3) is 3.18. The molecule has 0 fully saturated rings. The third-order valence-corrected chi connectivity index (χ3v) is 2.27. The number of nitrogens with one attached hydrogen (secondary N) is 1. The van der Waals surface area contributed by atoms with Gasteiger partial charge in [0.15, 0.2) is 0 Å². The van der Waals surface area contributed by atoms with Crippen molar-refractivity contribution in [3.05, 3.63) is 29.0 Å². The Morgan fingerprint density at radius 1 is 1.67 bits per heavy atom. The Bertz CT molecular complexity index is 370. The highest BCUT2D eigenvalue weighted by Crippen LogP contribution is 2.18. The number of nitrogens with two attached hydrogens (primary N) is 1. The highest BCUT2D eigenvalue weighted by atomic mass is 35.5. The minimum absolute atomic E-state index is 0.0211. The molecule has 3 N–H and O–H groups in total. The van der Waals surface area contributed by atoms with Gasteiger partial charge in [-0.2, -0.15) is 0 Å². The molecule has 0 aliphatic heterocycles. The van der Waals surface area contributed by atoms with Crippen molar-refractivity contribution in [1.29, 1.82) is 0 Å². The van der Waals surface area contributed by atoms with Crippen molar-refractivity contribution < 1.29 is 9.18 Å². The zero-order chi connectivity index (χ0) is 11.4. The number of hydrogen-bond acceptors (Lipinski definition) is 2. The largest absolute Gasteiger partial charge is 0.325 e. The molecule has 15 heavy (non-hydrogen) atoms. The van der Waals surface area contributed by atoms with Crippen LogP contribution in [0, 0.1) is 5.82 Å². The van der Waals surface area contributed by atoms with E-state index in [9.17, 15) is 9.18 Å². The van der Waals surface area contributed by atoms with Gasteiger partial charge in [0.25, 0.3) is 0 Å². The summed E-state index contributed by atoms with van der Waals surface area (Å²) < 4.78 is 13.0. The SMILES string of the molecule is CC[C@@H](N)C(=O)Nc1ccc(Cl)c(F)c1. The summed E-state index contributed by atoms with van der Waals surface area (Å²) in [5.41, 5.74) is 5.85. The first-order valence-electron chi connectivity index (χ1n) is 4.56. The smallest absolute Gasteiger partial charge is 0.241 e. The van der Waals surface area contributed by atoms with Crippen molar-refractivity contribution >= 4 is 23.2 Å². The van der Waals surface area contributed by atoms with E-state index in [1.807, 2.05) is 0 Å². The van der Waals surface area contributed by atoms with E-state index in [4.69, 9.17) is 17.3 Å². The summed E-state index contributed by atoms with van der Waals surface area (Å²) >= 11 is 5.49. The molecule has 1 amide bonds. The molecule has 0 saturated heterocycles. The first-order chi connectivity index (χ1) is 7.04. The van der Waals surface area contributed by atoms with Crippen LogP contribution < -0.4 is 11.1 Å². The zero-order valence-corrected chi connectivity index (χ0v) is 9.01. The molecule has 0 aromatic heterocycles. The maximum atomic E-state index is 13.0. The summed E-state index contributed by atoms with van der Waals surface area (Å²) in [4.78, 5) is 11.3. The van der Waals surface area contributed by atoms with Crippen molar-refractivity contribution in [3.63, 3.8) is 0 Å². The molecule has 0 saturated carbocycles. The average Bonchev–Trinajstić information content (AvgIpc) is 2.22. The maximum absolute atomic E-state index is 13.0. The van der Waals surface area contributed by atoms with Crippen molar-refractivity contribution in [2.45, 2.75) is 19.4 Å². The van der Waals surface area contributed by atoms with Gasteiger partial charge in [-0.15, -0.1) is 0 Å². The van der Waals surface area contributed by atoms with Crippen LogP contribution in [0.2, 0.25) is 5.02 Å². The standard InChI is InChI=1S/C10H12ClFN2O/c1-2-9(13)10(15)14-6-3-4-7(11)8(12)5-6/h3-5,9H,2,13H2,1H3,(H,14,15)/t9-/m1/s1.